The second kappa shape index (κ2) is 6.49. The van der Waals surface area contributed by atoms with Gasteiger partial charge in [-0.15, -0.1) is 0 Å². The van der Waals surface area contributed by atoms with Gasteiger partial charge in [-0.05, 0) is 35.4 Å². The van der Waals surface area contributed by atoms with Crippen molar-refractivity contribution in [3.05, 3.63) is 59.7 Å². The molecule has 3 rings (SSSR count). The number of cyclic esters (lactones) is 1. The molecule has 0 aliphatic carbocycles. The molecule has 1 saturated heterocycles. The van der Waals surface area contributed by atoms with Crippen LogP contribution in [0, 0.1) is 0 Å². The van der Waals surface area contributed by atoms with Crippen LogP contribution in [0.2, 0.25) is 0 Å². The van der Waals surface area contributed by atoms with Crippen LogP contribution in [0.25, 0.3) is 0 Å². The van der Waals surface area contributed by atoms with Crippen LogP contribution in [-0.4, -0.2) is 24.4 Å². The summed E-state index contributed by atoms with van der Waals surface area (Å²) in [6.07, 6.45) is -0.283. The molecule has 1 fully saturated rings. The number of phenols is 1. The molecule has 2 N–H and O–H groups in total. The Balaban J connectivity index is 1.54. The van der Waals surface area contributed by atoms with Crippen LogP contribution in [-0.2, 0) is 17.8 Å². The zero-order valence-corrected chi connectivity index (χ0v) is 12.2. The Bertz CT molecular complexity index is 655. The highest BCUT2D eigenvalue weighted by molar-refractivity contribution is 5.89. The number of nitrogens with one attached hydrogen (secondary N) is 1. The highest BCUT2D eigenvalue weighted by Gasteiger charge is 2.23. The molecular formula is C17H18N2O3. The van der Waals surface area contributed by atoms with E-state index < -0.39 is 0 Å². The van der Waals surface area contributed by atoms with Crippen molar-refractivity contribution in [2.75, 3.05) is 18.1 Å². The molecule has 0 unspecified atom stereocenters. The van der Waals surface area contributed by atoms with Gasteiger partial charge in [0.05, 0.1) is 6.54 Å². The predicted molar refractivity (Wildman–Crippen MR) is 83.8 cm³/mol. The van der Waals surface area contributed by atoms with Crippen LogP contribution in [0.5, 0.6) is 5.75 Å². The largest absolute Gasteiger partial charge is 0.508 e. The van der Waals surface area contributed by atoms with E-state index >= 15 is 0 Å². The molecule has 0 spiro atoms. The summed E-state index contributed by atoms with van der Waals surface area (Å²) in [6, 6.07) is 15.1. The zero-order chi connectivity index (χ0) is 15.4. The van der Waals surface area contributed by atoms with Crippen molar-refractivity contribution < 1.29 is 14.6 Å². The predicted octanol–water partition coefficient (Wildman–Crippen LogP) is 2.64. The summed E-state index contributed by atoms with van der Waals surface area (Å²) < 4.78 is 4.93. The molecule has 1 amide bonds. The summed E-state index contributed by atoms with van der Waals surface area (Å²) >= 11 is 0. The summed E-state index contributed by atoms with van der Waals surface area (Å²) in [5, 5.41) is 12.7. The minimum atomic E-state index is -0.283. The molecule has 0 saturated carbocycles. The average molecular weight is 298 g/mol. The number of phenolic OH excluding ortho intramolecular Hbond substituents is 1. The van der Waals surface area contributed by atoms with Gasteiger partial charge in [0, 0.05) is 18.8 Å². The smallest absolute Gasteiger partial charge is 0.414 e. The fourth-order valence-electron chi connectivity index (χ4n) is 2.44. The first kappa shape index (κ1) is 14.4. The van der Waals surface area contributed by atoms with E-state index in [-0.39, 0.29) is 11.8 Å². The number of hydrogen-bond donors (Lipinski definition) is 2. The standard InChI is InChI=1S/C17H18N2O3/c20-16-3-1-2-14(10-16)12-18-11-13-4-6-15(7-5-13)19-8-9-22-17(19)21/h1-7,10,18,20H,8-9,11-12H2. The molecular weight excluding hydrogens is 280 g/mol. The van der Waals surface area contributed by atoms with Gasteiger partial charge in [0.2, 0.25) is 0 Å². The van der Waals surface area contributed by atoms with Crippen LogP contribution in [0.3, 0.4) is 0 Å². The van der Waals surface area contributed by atoms with E-state index in [1.165, 1.54) is 0 Å². The maximum Gasteiger partial charge on any atom is 0.414 e. The second-order valence-electron chi connectivity index (χ2n) is 5.21. The zero-order valence-electron chi connectivity index (χ0n) is 12.2. The number of ether oxygens (including phenoxy) is 1. The Labute approximate surface area is 129 Å². The molecule has 1 aliphatic heterocycles. The molecule has 0 radical (unpaired) electrons. The molecule has 114 valence electrons. The third-order valence-corrected chi connectivity index (χ3v) is 3.58. The molecule has 1 heterocycles. The number of anilines is 1. The Morgan fingerprint density at radius 2 is 1.86 bits per heavy atom. The van der Waals surface area contributed by atoms with Crippen LogP contribution in [0.1, 0.15) is 11.1 Å². The van der Waals surface area contributed by atoms with Gasteiger partial charge < -0.3 is 15.2 Å². The average Bonchev–Trinajstić information content (AvgIpc) is 2.94. The molecule has 5 nitrogen and oxygen atoms in total. The van der Waals surface area contributed by atoms with Crippen LogP contribution >= 0.6 is 0 Å². The summed E-state index contributed by atoms with van der Waals surface area (Å²) in [5.41, 5.74) is 3.03. The molecule has 0 atom stereocenters. The number of rotatable bonds is 5. The van der Waals surface area contributed by atoms with Gasteiger partial charge in [-0.1, -0.05) is 24.3 Å². The van der Waals surface area contributed by atoms with Crippen molar-refractivity contribution in [2.24, 2.45) is 0 Å². The van der Waals surface area contributed by atoms with E-state index in [0.717, 1.165) is 23.4 Å². The second-order valence-corrected chi connectivity index (χ2v) is 5.21. The lowest BCUT2D eigenvalue weighted by Crippen LogP contribution is -2.23. The Morgan fingerprint density at radius 1 is 1.09 bits per heavy atom. The highest BCUT2D eigenvalue weighted by atomic mass is 16.6. The topological polar surface area (TPSA) is 61.8 Å². The van der Waals surface area contributed by atoms with Gasteiger partial charge in [-0.2, -0.15) is 0 Å². The number of carbonyl (C=O) groups excluding carboxylic acids is 1. The Morgan fingerprint density at radius 3 is 2.55 bits per heavy atom. The summed E-state index contributed by atoms with van der Waals surface area (Å²) in [4.78, 5) is 13.1. The van der Waals surface area contributed by atoms with Crippen molar-refractivity contribution in [3.8, 4) is 5.75 Å². The van der Waals surface area contributed by atoms with Crippen molar-refractivity contribution in [1.29, 1.82) is 0 Å². The third-order valence-electron chi connectivity index (χ3n) is 3.58. The number of aromatic hydroxyl groups is 1. The molecule has 1 aliphatic rings. The van der Waals surface area contributed by atoms with Crippen LogP contribution in [0.4, 0.5) is 10.5 Å². The van der Waals surface area contributed by atoms with E-state index in [4.69, 9.17) is 4.74 Å². The SMILES string of the molecule is O=C1OCCN1c1ccc(CNCc2cccc(O)c2)cc1. The van der Waals surface area contributed by atoms with Gasteiger partial charge >= 0.3 is 6.09 Å². The first-order chi connectivity index (χ1) is 10.7. The lowest BCUT2D eigenvalue weighted by atomic mass is 10.1. The first-order valence-corrected chi connectivity index (χ1v) is 7.24. The molecule has 2 aromatic rings. The maximum atomic E-state index is 11.5. The minimum Gasteiger partial charge on any atom is -0.508 e. The Hall–Kier alpha value is -2.53. The van der Waals surface area contributed by atoms with Gasteiger partial charge in [-0.3, -0.25) is 4.90 Å². The van der Waals surface area contributed by atoms with Gasteiger partial charge in [0.1, 0.15) is 12.4 Å². The minimum absolute atomic E-state index is 0.279. The molecule has 22 heavy (non-hydrogen) atoms. The van der Waals surface area contributed by atoms with Gasteiger partial charge in [0.25, 0.3) is 0 Å². The van der Waals surface area contributed by atoms with E-state index in [2.05, 4.69) is 5.32 Å². The van der Waals surface area contributed by atoms with Gasteiger partial charge in [-0.25, -0.2) is 4.79 Å². The molecule has 2 aromatic carbocycles. The molecule has 0 aromatic heterocycles. The number of hydrogen-bond acceptors (Lipinski definition) is 4. The lowest BCUT2D eigenvalue weighted by molar-refractivity contribution is 0.181. The number of amides is 1. The quantitative estimate of drug-likeness (QED) is 0.891. The Kier molecular flexibility index (Phi) is 4.25. The van der Waals surface area contributed by atoms with Crippen molar-refractivity contribution in [2.45, 2.75) is 13.1 Å². The lowest BCUT2D eigenvalue weighted by Gasteiger charge is -2.13. The van der Waals surface area contributed by atoms with E-state index in [1.807, 2.05) is 36.4 Å². The number of carbonyl (C=O) groups is 1. The first-order valence-electron chi connectivity index (χ1n) is 7.24. The number of benzene rings is 2. The third kappa shape index (κ3) is 3.38. The van der Waals surface area contributed by atoms with Gasteiger partial charge in [0.15, 0.2) is 0 Å². The fraction of sp³-hybridized carbons (Fsp3) is 0.235. The fourth-order valence-corrected chi connectivity index (χ4v) is 2.44. The number of nitrogens with zero attached hydrogens (tertiary/aromatic N) is 1. The van der Waals surface area contributed by atoms with E-state index in [1.54, 1.807) is 17.0 Å². The van der Waals surface area contributed by atoms with Crippen molar-refractivity contribution in [1.82, 2.24) is 5.32 Å². The van der Waals surface area contributed by atoms with Crippen LogP contribution in [0.15, 0.2) is 48.5 Å². The monoisotopic (exact) mass is 298 g/mol. The van der Waals surface area contributed by atoms with E-state index in [0.29, 0.717) is 19.7 Å². The maximum absolute atomic E-state index is 11.5. The van der Waals surface area contributed by atoms with Crippen molar-refractivity contribution >= 4 is 11.8 Å². The summed E-state index contributed by atoms with van der Waals surface area (Å²) in [5.74, 6) is 0.279. The molecule has 0 bridgehead atoms. The summed E-state index contributed by atoms with van der Waals surface area (Å²) in [6.45, 7) is 2.47. The van der Waals surface area contributed by atoms with Crippen LogP contribution < -0.4 is 10.2 Å². The van der Waals surface area contributed by atoms with Crippen molar-refractivity contribution in [3.63, 3.8) is 0 Å². The normalized spacial score (nSPS) is 14.2. The summed E-state index contributed by atoms with van der Waals surface area (Å²) in [7, 11) is 0. The highest BCUT2D eigenvalue weighted by Crippen LogP contribution is 2.19. The molecule has 5 heteroatoms. The van der Waals surface area contributed by atoms with E-state index in [9.17, 15) is 9.90 Å².